The molecule has 2 rings (SSSR count). The molecule has 0 bridgehead atoms. The predicted octanol–water partition coefficient (Wildman–Crippen LogP) is 7.78. The van der Waals surface area contributed by atoms with Crippen molar-refractivity contribution in [2.24, 2.45) is 0 Å². The van der Waals surface area contributed by atoms with Gasteiger partial charge in [-0.05, 0) is 42.3 Å². The van der Waals surface area contributed by atoms with Gasteiger partial charge in [0.25, 0.3) is 0 Å². The van der Waals surface area contributed by atoms with Gasteiger partial charge in [-0.2, -0.15) is 39.5 Å². The van der Waals surface area contributed by atoms with Crippen LogP contribution in [0, 0.1) is 6.92 Å². The van der Waals surface area contributed by atoms with E-state index in [0.717, 1.165) is 18.2 Å². The number of aryl methyl sites for hydroxylation is 1. The standard InChI is InChI=1S/C24H19BrF9NO2/c1-13-8-15(11-16(9-13)23(29,30)31)18(24(32,33)34)5-3-14-2-4-17(19(25)10-14)20(36)6-7-21(37)35-12-22(26,27)28/h2-5,8-11,18H,6-7,12H2,1H3,(H,35,37)/b5-3+. The van der Waals surface area contributed by atoms with Crippen LogP contribution in [0.2, 0.25) is 0 Å². The number of ketones is 1. The molecule has 1 unspecified atom stereocenters. The van der Waals surface area contributed by atoms with Crippen molar-refractivity contribution in [1.82, 2.24) is 5.32 Å². The van der Waals surface area contributed by atoms with Crippen LogP contribution in [0.3, 0.4) is 0 Å². The zero-order chi connectivity index (χ0) is 28.2. The summed E-state index contributed by atoms with van der Waals surface area (Å²) in [5.74, 6) is -3.93. The van der Waals surface area contributed by atoms with E-state index in [4.69, 9.17) is 0 Å². The molecule has 0 heterocycles. The van der Waals surface area contributed by atoms with E-state index < -0.39 is 66.7 Å². The summed E-state index contributed by atoms with van der Waals surface area (Å²) in [7, 11) is 0. The third kappa shape index (κ3) is 9.52. The lowest BCUT2D eigenvalue weighted by Crippen LogP contribution is -2.33. The van der Waals surface area contributed by atoms with Gasteiger partial charge in [0, 0.05) is 22.9 Å². The van der Waals surface area contributed by atoms with Gasteiger partial charge in [-0.1, -0.05) is 45.8 Å². The molecular formula is C24H19BrF9NO2. The number of benzene rings is 2. The van der Waals surface area contributed by atoms with Crippen LogP contribution < -0.4 is 5.32 Å². The van der Waals surface area contributed by atoms with E-state index in [1.54, 1.807) is 5.32 Å². The maximum Gasteiger partial charge on any atom is 0.416 e. The van der Waals surface area contributed by atoms with Crippen molar-refractivity contribution in [3.63, 3.8) is 0 Å². The maximum absolute atomic E-state index is 13.7. The number of carbonyl (C=O) groups excluding carboxylic acids is 2. The second-order valence-electron chi connectivity index (χ2n) is 8.06. The first-order valence-corrected chi connectivity index (χ1v) is 11.3. The highest BCUT2D eigenvalue weighted by atomic mass is 79.9. The van der Waals surface area contributed by atoms with Gasteiger partial charge >= 0.3 is 18.5 Å². The zero-order valence-electron chi connectivity index (χ0n) is 18.9. The Kier molecular flexibility index (Phi) is 9.61. The topological polar surface area (TPSA) is 46.2 Å². The molecule has 0 aliphatic rings. The Morgan fingerprint density at radius 3 is 2.14 bits per heavy atom. The molecule has 202 valence electrons. The maximum atomic E-state index is 13.7. The van der Waals surface area contributed by atoms with Crippen molar-refractivity contribution in [3.8, 4) is 0 Å². The molecular weight excluding hydrogens is 585 g/mol. The number of hydrogen-bond acceptors (Lipinski definition) is 2. The molecule has 37 heavy (non-hydrogen) atoms. The van der Waals surface area contributed by atoms with Crippen molar-refractivity contribution in [3.05, 3.63) is 74.8 Å². The number of rotatable bonds is 8. The molecule has 1 N–H and O–H groups in total. The molecule has 0 spiro atoms. The van der Waals surface area contributed by atoms with Gasteiger partial charge in [0.05, 0.1) is 11.5 Å². The SMILES string of the molecule is Cc1cc(C(/C=C/c2ccc(C(=O)CCC(=O)NCC(F)(F)F)c(Br)c2)C(F)(F)F)cc(C(F)(F)F)c1. The van der Waals surface area contributed by atoms with Crippen molar-refractivity contribution < 1.29 is 49.1 Å². The number of halogens is 10. The van der Waals surface area contributed by atoms with Crippen LogP contribution in [-0.4, -0.2) is 30.6 Å². The van der Waals surface area contributed by atoms with Crippen molar-refractivity contribution in [2.45, 2.75) is 44.2 Å². The third-order valence-electron chi connectivity index (χ3n) is 4.98. The first-order valence-electron chi connectivity index (χ1n) is 10.5. The van der Waals surface area contributed by atoms with Gasteiger partial charge in [-0.25, -0.2) is 0 Å². The van der Waals surface area contributed by atoms with E-state index >= 15 is 0 Å². The highest BCUT2D eigenvalue weighted by Gasteiger charge is 2.40. The lowest BCUT2D eigenvalue weighted by Gasteiger charge is -2.19. The molecule has 13 heteroatoms. The Labute approximate surface area is 213 Å². The quantitative estimate of drug-likeness (QED) is 0.247. The summed E-state index contributed by atoms with van der Waals surface area (Å²) in [5, 5.41) is 1.63. The smallest absolute Gasteiger partial charge is 0.347 e. The normalized spacial score (nSPS) is 13.6. The van der Waals surface area contributed by atoms with Crippen molar-refractivity contribution in [1.29, 1.82) is 0 Å². The zero-order valence-corrected chi connectivity index (χ0v) is 20.5. The minimum absolute atomic E-state index is 0.00479. The highest BCUT2D eigenvalue weighted by Crippen LogP contribution is 2.39. The second kappa shape index (κ2) is 11.7. The average Bonchev–Trinajstić information content (AvgIpc) is 2.74. The van der Waals surface area contributed by atoms with Gasteiger partial charge in [-0.15, -0.1) is 0 Å². The molecule has 1 atom stereocenters. The molecule has 0 radical (unpaired) electrons. The highest BCUT2D eigenvalue weighted by molar-refractivity contribution is 9.10. The second-order valence-corrected chi connectivity index (χ2v) is 8.92. The van der Waals surface area contributed by atoms with Gasteiger partial charge in [0.15, 0.2) is 5.78 Å². The van der Waals surface area contributed by atoms with E-state index in [0.29, 0.717) is 12.1 Å². The number of alkyl halides is 9. The van der Waals surface area contributed by atoms with Gasteiger partial charge < -0.3 is 5.32 Å². The van der Waals surface area contributed by atoms with Crippen LogP contribution in [0.25, 0.3) is 6.08 Å². The molecule has 2 aromatic rings. The predicted molar refractivity (Wildman–Crippen MR) is 121 cm³/mol. The minimum Gasteiger partial charge on any atom is -0.347 e. The molecule has 0 fully saturated rings. The van der Waals surface area contributed by atoms with Gasteiger partial charge in [0.1, 0.15) is 6.54 Å². The first-order chi connectivity index (χ1) is 16.9. The Bertz CT molecular complexity index is 1170. The number of amides is 1. The first kappa shape index (κ1) is 30.4. The largest absolute Gasteiger partial charge is 0.416 e. The monoisotopic (exact) mass is 603 g/mol. The minimum atomic E-state index is -4.90. The summed E-state index contributed by atoms with van der Waals surface area (Å²) >= 11 is 3.09. The molecule has 0 saturated carbocycles. The fourth-order valence-corrected chi connectivity index (χ4v) is 3.90. The molecule has 0 aromatic heterocycles. The van der Waals surface area contributed by atoms with Crippen LogP contribution in [0.1, 0.15) is 51.4 Å². The number of carbonyl (C=O) groups is 2. The summed E-state index contributed by atoms with van der Waals surface area (Å²) in [6, 6.07) is 6.02. The molecule has 3 nitrogen and oxygen atoms in total. The van der Waals surface area contributed by atoms with E-state index in [1.165, 1.54) is 25.1 Å². The number of hydrogen-bond donors (Lipinski definition) is 1. The number of Topliss-reactive ketones (excluding diaryl/α,β-unsaturated/α-hetero) is 1. The van der Waals surface area contributed by atoms with E-state index in [-0.39, 0.29) is 21.2 Å². The lowest BCUT2D eigenvalue weighted by atomic mass is 9.93. The van der Waals surface area contributed by atoms with Crippen LogP contribution in [0.15, 0.2) is 46.9 Å². The molecule has 0 saturated heterocycles. The summed E-state index contributed by atoms with van der Waals surface area (Å²) in [5.41, 5.74) is -1.57. The Morgan fingerprint density at radius 2 is 1.59 bits per heavy atom. The third-order valence-corrected chi connectivity index (χ3v) is 5.63. The van der Waals surface area contributed by atoms with Crippen LogP contribution in [0.5, 0.6) is 0 Å². The van der Waals surface area contributed by atoms with E-state index in [2.05, 4.69) is 15.9 Å². The Morgan fingerprint density at radius 1 is 0.946 bits per heavy atom. The Balaban J connectivity index is 2.20. The van der Waals surface area contributed by atoms with Gasteiger partial charge in [-0.3, -0.25) is 9.59 Å². The number of allylic oxidation sites excluding steroid dienone is 1. The molecule has 0 aliphatic carbocycles. The summed E-state index contributed by atoms with van der Waals surface area (Å²) < 4.78 is 117. The van der Waals surface area contributed by atoms with Crippen LogP contribution in [-0.2, 0) is 11.0 Å². The van der Waals surface area contributed by atoms with Crippen LogP contribution in [0.4, 0.5) is 39.5 Å². The summed E-state index contributed by atoms with van der Waals surface area (Å²) in [6.07, 6.45) is -13.5. The van der Waals surface area contributed by atoms with Gasteiger partial charge in [0.2, 0.25) is 5.91 Å². The van der Waals surface area contributed by atoms with Crippen LogP contribution >= 0.6 is 15.9 Å². The van der Waals surface area contributed by atoms with Crippen molar-refractivity contribution in [2.75, 3.05) is 6.54 Å². The molecule has 1 amide bonds. The molecule has 0 aliphatic heterocycles. The summed E-state index contributed by atoms with van der Waals surface area (Å²) in [4.78, 5) is 23.8. The fourth-order valence-electron chi connectivity index (χ4n) is 3.28. The molecule has 2 aromatic carbocycles. The van der Waals surface area contributed by atoms with E-state index in [9.17, 15) is 49.1 Å². The number of nitrogens with one attached hydrogen (secondary N) is 1. The summed E-state index contributed by atoms with van der Waals surface area (Å²) in [6.45, 7) is -0.285. The van der Waals surface area contributed by atoms with Crippen molar-refractivity contribution >= 4 is 33.7 Å². The fraction of sp³-hybridized carbons (Fsp3) is 0.333. The average molecular weight is 604 g/mol. The van der Waals surface area contributed by atoms with E-state index in [1.807, 2.05) is 0 Å². The Hall–Kier alpha value is -2.83. The lowest BCUT2D eigenvalue weighted by molar-refractivity contribution is -0.142.